The zero-order valence-electron chi connectivity index (χ0n) is 25.7. The van der Waals surface area contributed by atoms with Crippen molar-refractivity contribution in [3.8, 4) is 6.01 Å². The molecule has 2 fully saturated rings. The molecule has 6 rings (SSSR count). The van der Waals surface area contributed by atoms with Crippen molar-refractivity contribution in [2.75, 3.05) is 51.8 Å². The van der Waals surface area contributed by atoms with E-state index in [0.717, 1.165) is 68.2 Å². The number of ether oxygens (including phenoxy) is 2. The van der Waals surface area contributed by atoms with E-state index in [0.29, 0.717) is 44.4 Å². The summed E-state index contributed by atoms with van der Waals surface area (Å²) in [6.45, 7) is 11.4. The van der Waals surface area contributed by atoms with Gasteiger partial charge in [0.2, 0.25) is 0 Å². The molecule has 4 aliphatic rings. The van der Waals surface area contributed by atoms with Gasteiger partial charge in [0.05, 0.1) is 30.0 Å². The standard InChI is InChI=1S/C30H44N8O4/c1-29(2,3)42-28(40)36-16-9-22-24(19-36)31-27(41-20-30-10-6-13-37(30)14-7-11-30)32-25(22)35-12-8-15-38-21(18-35)17-23(33-38)26(39)34(4)5/h17H,6-16,18-20H2,1-5H3. The molecule has 6 heterocycles. The van der Waals surface area contributed by atoms with Crippen LogP contribution in [0.2, 0.25) is 0 Å². The zero-order valence-corrected chi connectivity index (χ0v) is 25.7. The Kier molecular flexibility index (Phi) is 7.53. The predicted molar refractivity (Wildman–Crippen MR) is 157 cm³/mol. The number of hydrogen-bond acceptors (Lipinski definition) is 9. The molecule has 0 spiro atoms. The van der Waals surface area contributed by atoms with E-state index < -0.39 is 5.60 Å². The third-order valence-corrected chi connectivity index (χ3v) is 8.89. The molecule has 0 aliphatic carbocycles. The smallest absolute Gasteiger partial charge is 0.410 e. The Morgan fingerprint density at radius 1 is 1.00 bits per heavy atom. The van der Waals surface area contributed by atoms with Crippen LogP contribution in [0.4, 0.5) is 10.6 Å². The number of carbonyl (C=O) groups excluding carboxylic acids is 2. The van der Waals surface area contributed by atoms with Gasteiger partial charge in [0.25, 0.3) is 5.91 Å². The number of anilines is 1. The first kappa shape index (κ1) is 28.7. The average Bonchev–Trinajstić information content (AvgIpc) is 3.60. The summed E-state index contributed by atoms with van der Waals surface area (Å²) in [5, 5.41) is 4.61. The van der Waals surface area contributed by atoms with Crippen LogP contribution in [0.25, 0.3) is 0 Å². The quantitative estimate of drug-likeness (QED) is 0.527. The Morgan fingerprint density at radius 3 is 2.48 bits per heavy atom. The van der Waals surface area contributed by atoms with Gasteiger partial charge in [-0.1, -0.05) is 0 Å². The maximum absolute atomic E-state index is 13.0. The van der Waals surface area contributed by atoms with Crippen LogP contribution in [0.15, 0.2) is 6.07 Å². The van der Waals surface area contributed by atoms with E-state index in [4.69, 9.17) is 19.4 Å². The molecule has 12 heteroatoms. The highest BCUT2D eigenvalue weighted by molar-refractivity contribution is 5.92. The maximum atomic E-state index is 13.0. The van der Waals surface area contributed by atoms with Crippen LogP contribution in [-0.2, 0) is 30.8 Å². The van der Waals surface area contributed by atoms with Gasteiger partial charge < -0.3 is 24.2 Å². The van der Waals surface area contributed by atoms with E-state index in [9.17, 15) is 9.59 Å². The Balaban J connectivity index is 1.30. The molecule has 4 aliphatic heterocycles. The van der Waals surface area contributed by atoms with Crippen molar-refractivity contribution in [3.05, 3.63) is 28.7 Å². The minimum atomic E-state index is -0.571. The second kappa shape index (κ2) is 11.0. The summed E-state index contributed by atoms with van der Waals surface area (Å²) in [6, 6.07) is 2.26. The first-order valence-corrected chi connectivity index (χ1v) is 15.3. The number of fused-ring (bicyclic) bond motifs is 3. The van der Waals surface area contributed by atoms with Crippen molar-refractivity contribution in [2.24, 2.45) is 0 Å². The minimum absolute atomic E-state index is 0.0758. The van der Waals surface area contributed by atoms with Crippen LogP contribution in [0, 0.1) is 0 Å². The van der Waals surface area contributed by atoms with Gasteiger partial charge >= 0.3 is 12.1 Å². The van der Waals surface area contributed by atoms with Crippen molar-refractivity contribution in [2.45, 2.75) is 90.1 Å². The fourth-order valence-electron chi connectivity index (χ4n) is 6.83. The Morgan fingerprint density at radius 2 is 1.76 bits per heavy atom. The van der Waals surface area contributed by atoms with E-state index in [2.05, 4.69) is 14.9 Å². The normalized spacial score (nSPS) is 20.0. The molecule has 0 bridgehead atoms. The lowest BCUT2D eigenvalue weighted by Crippen LogP contribution is -2.44. The van der Waals surface area contributed by atoms with E-state index in [1.807, 2.05) is 31.5 Å². The fourth-order valence-corrected chi connectivity index (χ4v) is 6.83. The van der Waals surface area contributed by atoms with Gasteiger partial charge in [-0.05, 0) is 78.5 Å². The summed E-state index contributed by atoms with van der Waals surface area (Å²) in [7, 11) is 3.48. The molecule has 2 aromatic rings. The highest BCUT2D eigenvalue weighted by Gasteiger charge is 2.45. The predicted octanol–water partition coefficient (Wildman–Crippen LogP) is 3.09. The van der Waals surface area contributed by atoms with E-state index in [1.54, 1.807) is 23.9 Å². The molecule has 0 N–H and O–H groups in total. The van der Waals surface area contributed by atoms with Crippen LogP contribution in [-0.4, -0.2) is 104 Å². The number of rotatable bonds is 5. The second-order valence-corrected chi connectivity index (χ2v) is 13.3. The summed E-state index contributed by atoms with van der Waals surface area (Å²) in [5.41, 5.74) is 2.78. The topological polar surface area (TPSA) is 109 Å². The maximum Gasteiger partial charge on any atom is 0.410 e. The van der Waals surface area contributed by atoms with Crippen molar-refractivity contribution >= 4 is 17.8 Å². The molecule has 42 heavy (non-hydrogen) atoms. The Labute approximate surface area is 247 Å². The van der Waals surface area contributed by atoms with E-state index in [1.165, 1.54) is 12.8 Å². The van der Waals surface area contributed by atoms with Crippen LogP contribution < -0.4 is 9.64 Å². The monoisotopic (exact) mass is 580 g/mol. The number of aromatic nitrogens is 4. The highest BCUT2D eigenvalue weighted by atomic mass is 16.6. The summed E-state index contributed by atoms with van der Waals surface area (Å²) in [6.07, 6.45) is 5.83. The summed E-state index contributed by atoms with van der Waals surface area (Å²) < 4.78 is 14.1. The first-order valence-electron chi connectivity index (χ1n) is 15.3. The van der Waals surface area contributed by atoms with Crippen molar-refractivity contribution < 1.29 is 19.1 Å². The van der Waals surface area contributed by atoms with Crippen LogP contribution >= 0.6 is 0 Å². The van der Waals surface area contributed by atoms with Gasteiger partial charge in [0.15, 0.2) is 5.69 Å². The number of aryl methyl sites for hydroxylation is 1. The molecule has 2 amide bonds. The molecule has 12 nitrogen and oxygen atoms in total. The van der Waals surface area contributed by atoms with E-state index in [-0.39, 0.29) is 17.5 Å². The number of carbonyl (C=O) groups is 2. The van der Waals surface area contributed by atoms with Crippen molar-refractivity contribution in [3.63, 3.8) is 0 Å². The van der Waals surface area contributed by atoms with Crippen molar-refractivity contribution in [1.29, 1.82) is 0 Å². The number of nitrogens with zero attached hydrogens (tertiary/aromatic N) is 8. The molecule has 228 valence electrons. The first-order chi connectivity index (χ1) is 20.0. The molecular weight excluding hydrogens is 536 g/mol. The Hall–Kier alpha value is -3.41. The SMILES string of the molecule is CN(C)C(=O)c1cc2n(n1)CCCN(c1nc(OCC34CCCN3CCC4)nc3c1CCN(C(=O)OC(C)(C)C)C3)C2. The van der Waals surface area contributed by atoms with E-state index >= 15 is 0 Å². The molecule has 0 unspecified atom stereocenters. The molecule has 0 radical (unpaired) electrons. The lowest BCUT2D eigenvalue weighted by molar-refractivity contribution is 0.0219. The second-order valence-electron chi connectivity index (χ2n) is 13.3. The van der Waals surface area contributed by atoms with Gasteiger partial charge in [-0.15, -0.1) is 0 Å². The summed E-state index contributed by atoms with van der Waals surface area (Å²) in [4.78, 5) is 43.6. The van der Waals surface area contributed by atoms with Gasteiger partial charge in [-0.25, -0.2) is 4.79 Å². The third-order valence-electron chi connectivity index (χ3n) is 8.89. The third kappa shape index (κ3) is 5.65. The molecular formula is C30H44N8O4. The van der Waals surface area contributed by atoms with Crippen molar-refractivity contribution in [1.82, 2.24) is 34.4 Å². The molecule has 2 saturated heterocycles. The van der Waals surface area contributed by atoms with Crippen LogP contribution in [0.1, 0.15) is 80.3 Å². The number of amides is 2. The summed E-state index contributed by atoms with van der Waals surface area (Å²) in [5.74, 6) is 0.743. The van der Waals surface area contributed by atoms with Gasteiger partial charge in [0.1, 0.15) is 18.0 Å². The fraction of sp³-hybridized carbons (Fsp3) is 0.700. The van der Waals surface area contributed by atoms with Crippen LogP contribution in [0.3, 0.4) is 0 Å². The molecule has 2 aromatic heterocycles. The number of hydrogen-bond donors (Lipinski definition) is 0. The molecule has 0 aromatic carbocycles. The summed E-state index contributed by atoms with van der Waals surface area (Å²) >= 11 is 0. The molecule has 0 atom stereocenters. The molecule has 0 saturated carbocycles. The zero-order chi connectivity index (χ0) is 29.6. The van der Waals surface area contributed by atoms with Gasteiger partial charge in [-0.3, -0.25) is 14.4 Å². The Bertz CT molecular complexity index is 1340. The van der Waals surface area contributed by atoms with Crippen LogP contribution in [0.5, 0.6) is 6.01 Å². The average molecular weight is 581 g/mol. The highest BCUT2D eigenvalue weighted by Crippen LogP contribution is 2.39. The van der Waals surface area contributed by atoms with Gasteiger partial charge in [-0.2, -0.15) is 15.1 Å². The lowest BCUT2D eigenvalue weighted by Gasteiger charge is -2.34. The van der Waals surface area contributed by atoms with Gasteiger partial charge in [0, 0.05) is 39.3 Å². The minimum Gasteiger partial charge on any atom is -0.461 e. The lowest BCUT2D eigenvalue weighted by atomic mass is 9.95. The largest absolute Gasteiger partial charge is 0.461 e.